The molecule has 0 aliphatic heterocycles. The molecule has 100 valence electrons. The minimum atomic E-state index is -3.56. The van der Waals surface area contributed by atoms with Crippen molar-refractivity contribution in [1.82, 2.24) is 9.71 Å². The Morgan fingerprint density at radius 3 is 2.50 bits per heavy atom. The molecule has 0 radical (unpaired) electrons. The molecule has 1 aromatic rings. The normalized spacial score (nSPS) is 15.0. The lowest BCUT2D eigenvalue weighted by Crippen LogP contribution is -2.42. The third-order valence-electron chi connectivity index (χ3n) is 2.61. The van der Waals surface area contributed by atoms with E-state index < -0.39 is 15.3 Å². The minimum absolute atomic E-state index is 0.00747. The molecule has 2 unspecified atom stereocenters. The molecule has 3 N–H and O–H groups in total. The number of aromatic nitrogens is 1. The second kappa shape index (κ2) is 6.21. The monoisotopic (exact) mass is 287 g/mol. The Hall–Kier alpha value is -1.05. The van der Waals surface area contributed by atoms with Crippen molar-refractivity contribution in [3.05, 3.63) is 30.1 Å². The number of sulfonamides is 1. The van der Waals surface area contributed by atoms with Gasteiger partial charge in [0.15, 0.2) is 0 Å². The molecule has 5 nitrogen and oxygen atoms in total. The first-order valence-electron chi connectivity index (χ1n) is 5.59. The van der Waals surface area contributed by atoms with Gasteiger partial charge in [-0.1, -0.05) is 19.1 Å². The van der Waals surface area contributed by atoms with Crippen molar-refractivity contribution in [2.45, 2.75) is 31.6 Å². The van der Waals surface area contributed by atoms with E-state index in [9.17, 15) is 8.42 Å². The predicted molar refractivity (Wildman–Crippen MR) is 75.6 cm³/mol. The number of hydrogen-bond donors (Lipinski definition) is 2. The summed E-state index contributed by atoms with van der Waals surface area (Å²) < 4.78 is 26.8. The van der Waals surface area contributed by atoms with Gasteiger partial charge in [0.05, 0.1) is 4.99 Å². The number of pyridine rings is 1. The zero-order chi connectivity index (χ0) is 13.8. The average molecular weight is 287 g/mol. The van der Waals surface area contributed by atoms with Crippen molar-refractivity contribution in [2.24, 2.45) is 5.73 Å². The largest absolute Gasteiger partial charge is 0.392 e. The Kier molecular flexibility index (Phi) is 5.18. The third kappa shape index (κ3) is 3.72. The molecule has 0 aromatic carbocycles. The van der Waals surface area contributed by atoms with E-state index in [4.69, 9.17) is 18.0 Å². The molecule has 2 atom stereocenters. The lowest BCUT2D eigenvalue weighted by Gasteiger charge is -2.19. The highest BCUT2D eigenvalue weighted by Crippen LogP contribution is 2.14. The van der Waals surface area contributed by atoms with Crippen molar-refractivity contribution in [1.29, 1.82) is 0 Å². The topological polar surface area (TPSA) is 85.1 Å². The first-order valence-corrected chi connectivity index (χ1v) is 7.54. The third-order valence-corrected chi connectivity index (χ3v) is 5.06. The van der Waals surface area contributed by atoms with Crippen LogP contribution in [0.1, 0.15) is 31.9 Å². The number of rotatable bonds is 6. The van der Waals surface area contributed by atoms with Gasteiger partial charge in [-0.3, -0.25) is 4.98 Å². The van der Waals surface area contributed by atoms with Gasteiger partial charge in [0.25, 0.3) is 0 Å². The van der Waals surface area contributed by atoms with Gasteiger partial charge in [-0.2, -0.15) is 0 Å². The fraction of sp³-hybridized carbons (Fsp3) is 0.455. The molecular formula is C11H17N3O2S2. The predicted octanol–water partition coefficient (Wildman–Crippen LogP) is 1.13. The van der Waals surface area contributed by atoms with E-state index in [1.165, 1.54) is 0 Å². The summed E-state index contributed by atoms with van der Waals surface area (Å²) in [5, 5.41) is -0.836. The summed E-state index contributed by atoms with van der Waals surface area (Å²) >= 11 is 4.78. The highest BCUT2D eigenvalue weighted by Gasteiger charge is 2.28. The Bertz CT molecular complexity index is 502. The summed E-state index contributed by atoms with van der Waals surface area (Å²) in [7, 11) is -3.56. The second-order valence-electron chi connectivity index (χ2n) is 3.96. The summed E-state index contributed by atoms with van der Waals surface area (Å²) in [6.07, 6.45) is 3.59. The molecule has 0 fully saturated rings. The minimum Gasteiger partial charge on any atom is -0.392 e. The van der Waals surface area contributed by atoms with Gasteiger partial charge in [0.1, 0.15) is 5.25 Å². The fourth-order valence-corrected chi connectivity index (χ4v) is 3.71. The standard InChI is InChI=1S/C11H17N3O2S2/c1-3-10(11(12)17)18(15,16)14-8(2)9-4-6-13-7-5-9/h4-8,10,14H,3H2,1-2H3,(H2,12,17). The number of thiocarbonyl (C=S) groups is 1. The van der Waals surface area contributed by atoms with Gasteiger partial charge >= 0.3 is 0 Å². The highest BCUT2D eigenvalue weighted by atomic mass is 32.2. The van der Waals surface area contributed by atoms with Crippen molar-refractivity contribution < 1.29 is 8.42 Å². The lowest BCUT2D eigenvalue weighted by molar-refractivity contribution is 0.560. The van der Waals surface area contributed by atoms with Gasteiger partial charge in [-0.25, -0.2) is 13.1 Å². The second-order valence-corrected chi connectivity index (χ2v) is 6.33. The van der Waals surface area contributed by atoms with E-state index >= 15 is 0 Å². The summed E-state index contributed by atoms with van der Waals surface area (Å²) in [4.78, 5) is 3.88. The Morgan fingerprint density at radius 2 is 2.06 bits per heavy atom. The molecule has 0 aliphatic carbocycles. The van der Waals surface area contributed by atoms with E-state index in [1.807, 2.05) is 0 Å². The van der Waals surface area contributed by atoms with Crippen LogP contribution in [-0.2, 0) is 10.0 Å². The fourth-order valence-electron chi connectivity index (χ4n) is 1.62. The van der Waals surface area contributed by atoms with Gasteiger partial charge in [-0.15, -0.1) is 0 Å². The molecule has 7 heteroatoms. The molecule has 1 aromatic heterocycles. The van der Waals surface area contributed by atoms with Crippen molar-refractivity contribution >= 4 is 27.2 Å². The van der Waals surface area contributed by atoms with Crippen LogP contribution in [-0.4, -0.2) is 23.6 Å². The van der Waals surface area contributed by atoms with Crippen molar-refractivity contribution in [2.75, 3.05) is 0 Å². The number of nitrogens with zero attached hydrogens (tertiary/aromatic N) is 1. The smallest absolute Gasteiger partial charge is 0.221 e. The molecule has 0 bridgehead atoms. The highest BCUT2D eigenvalue weighted by molar-refractivity contribution is 7.93. The van der Waals surface area contributed by atoms with Crippen molar-refractivity contribution in [3.8, 4) is 0 Å². The van der Waals surface area contributed by atoms with Crippen LogP contribution in [0, 0.1) is 0 Å². The van der Waals surface area contributed by atoms with E-state index in [2.05, 4.69) is 9.71 Å². The molecule has 0 aliphatic rings. The molecule has 0 spiro atoms. The SMILES string of the molecule is CCC(C(N)=S)S(=O)(=O)NC(C)c1ccncc1. The summed E-state index contributed by atoms with van der Waals surface area (Å²) in [6.45, 7) is 3.50. The Balaban J connectivity index is 2.87. The zero-order valence-electron chi connectivity index (χ0n) is 10.3. The first kappa shape index (κ1) is 15.0. The van der Waals surface area contributed by atoms with Crippen LogP contribution in [0.4, 0.5) is 0 Å². The van der Waals surface area contributed by atoms with Crippen LogP contribution in [0.5, 0.6) is 0 Å². The number of nitrogens with one attached hydrogen (secondary N) is 1. The summed E-state index contributed by atoms with van der Waals surface area (Å²) in [5.41, 5.74) is 6.29. The molecule has 18 heavy (non-hydrogen) atoms. The van der Waals surface area contributed by atoms with Gasteiger partial charge in [0, 0.05) is 18.4 Å². The van der Waals surface area contributed by atoms with Crippen LogP contribution in [0.2, 0.25) is 0 Å². The van der Waals surface area contributed by atoms with E-state index in [-0.39, 0.29) is 11.0 Å². The van der Waals surface area contributed by atoms with Crippen LogP contribution >= 0.6 is 12.2 Å². The van der Waals surface area contributed by atoms with Crippen LogP contribution < -0.4 is 10.5 Å². The van der Waals surface area contributed by atoms with Crippen molar-refractivity contribution in [3.63, 3.8) is 0 Å². The zero-order valence-corrected chi connectivity index (χ0v) is 12.0. The number of hydrogen-bond acceptors (Lipinski definition) is 4. The maximum Gasteiger partial charge on any atom is 0.221 e. The molecular weight excluding hydrogens is 270 g/mol. The maximum absolute atomic E-state index is 12.1. The number of nitrogens with two attached hydrogens (primary N) is 1. The molecule has 1 heterocycles. The van der Waals surface area contributed by atoms with Crippen LogP contribution in [0.15, 0.2) is 24.5 Å². The summed E-state index contributed by atoms with van der Waals surface area (Å²) in [6, 6.07) is 3.17. The molecule has 0 amide bonds. The van der Waals surface area contributed by atoms with Gasteiger partial charge in [0.2, 0.25) is 10.0 Å². The van der Waals surface area contributed by atoms with Gasteiger partial charge in [-0.05, 0) is 31.0 Å². The van der Waals surface area contributed by atoms with E-state index in [0.717, 1.165) is 5.56 Å². The lowest BCUT2D eigenvalue weighted by atomic mass is 10.1. The van der Waals surface area contributed by atoms with Crippen LogP contribution in [0.3, 0.4) is 0 Å². The Labute approximate surface area is 113 Å². The molecule has 0 saturated heterocycles. The quantitative estimate of drug-likeness (QED) is 0.766. The van der Waals surface area contributed by atoms with Gasteiger partial charge < -0.3 is 5.73 Å². The molecule has 0 saturated carbocycles. The van der Waals surface area contributed by atoms with E-state index in [0.29, 0.717) is 6.42 Å². The summed E-state index contributed by atoms with van der Waals surface area (Å²) in [5.74, 6) is 0. The first-order chi connectivity index (χ1) is 8.38. The molecule has 1 rings (SSSR count). The van der Waals surface area contributed by atoms with E-state index in [1.54, 1.807) is 38.4 Å². The maximum atomic E-state index is 12.1. The Morgan fingerprint density at radius 1 is 1.50 bits per heavy atom. The van der Waals surface area contributed by atoms with Crippen LogP contribution in [0.25, 0.3) is 0 Å². The average Bonchev–Trinajstić information content (AvgIpc) is 2.29.